The molecule has 5 aliphatic carbocycles. The fourth-order valence-corrected chi connectivity index (χ4v) is 13.4. The van der Waals surface area contributed by atoms with Gasteiger partial charge in [0.15, 0.2) is 23.4 Å². The second-order valence-corrected chi connectivity index (χ2v) is 16.1. The number of esters is 5. The van der Waals surface area contributed by atoms with E-state index in [1.807, 2.05) is 6.92 Å². The molecule has 7 rings (SSSR count). The first-order valence-electron chi connectivity index (χ1n) is 19.0. The molecule has 302 valence electrons. The summed E-state index contributed by atoms with van der Waals surface area (Å²) in [6.45, 7) is 8.33. The third-order valence-electron chi connectivity index (χ3n) is 14.0. The molecule has 1 heterocycles. The zero-order chi connectivity index (χ0) is 39.8. The van der Waals surface area contributed by atoms with Gasteiger partial charge < -0.3 is 42.6 Å². The molecule has 6 fully saturated rings. The van der Waals surface area contributed by atoms with Crippen LogP contribution >= 0.6 is 0 Å². The molecule has 6 aliphatic rings. The molecule has 1 saturated heterocycles. The summed E-state index contributed by atoms with van der Waals surface area (Å²) >= 11 is 0. The number of carbonyl (C=O) groups is 5. The van der Waals surface area contributed by atoms with Crippen molar-refractivity contribution in [2.24, 2.45) is 34.5 Å². The highest BCUT2D eigenvalue weighted by Gasteiger charge is 2.93. The largest absolute Gasteiger partial charge is 0.462 e. The molecule has 1 aromatic rings. The molecule has 1 spiro atoms. The van der Waals surface area contributed by atoms with Crippen LogP contribution in [0, 0.1) is 34.5 Å². The van der Waals surface area contributed by atoms with E-state index >= 15 is 0 Å². The van der Waals surface area contributed by atoms with Crippen molar-refractivity contribution in [1.82, 2.24) is 4.90 Å². The molecule has 55 heavy (non-hydrogen) atoms. The van der Waals surface area contributed by atoms with E-state index < -0.39 is 118 Å². The minimum Gasteiger partial charge on any atom is -0.462 e. The summed E-state index contributed by atoms with van der Waals surface area (Å²) in [5.41, 5.74) is -5.03. The van der Waals surface area contributed by atoms with Crippen molar-refractivity contribution in [2.45, 2.75) is 101 Å². The first-order chi connectivity index (χ1) is 26.2. The van der Waals surface area contributed by atoms with E-state index in [9.17, 15) is 24.0 Å². The molecule has 15 atom stereocenters. The maximum atomic E-state index is 14.2. The van der Waals surface area contributed by atoms with Crippen LogP contribution in [-0.4, -0.2) is 137 Å². The second-order valence-electron chi connectivity index (χ2n) is 16.1. The van der Waals surface area contributed by atoms with Crippen molar-refractivity contribution >= 4 is 29.8 Å². The molecule has 5 saturated carbocycles. The number of methoxy groups -OCH3 is 4. The summed E-state index contributed by atoms with van der Waals surface area (Å²) in [6, 6.07) is 7.98. The predicted octanol–water partition coefficient (Wildman–Crippen LogP) is 2.36. The van der Waals surface area contributed by atoms with Crippen LogP contribution in [0.25, 0.3) is 0 Å². The number of fused-ring (bicyclic) bond motifs is 2. The number of hydrogen-bond acceptors (Lipinski definition) is 15. The van der Waals surface area contributed by atoms with Crippen molar-refractivity contribution in [3.8, 4) is 0 Å². The fraction of sp³-hybridized carbons (Fsp3) is 0.725. The van der Waals surface area contributed by atoms with Gasteiger partial charge in [0.25, 0.3) is 0 Å². The van der Waals surface area contributed by atoms with Crippen molar-refractivity contribution < 1.29 is 66.6 Å². The highest BCUT2D eigenvalue weighted by atomic mass is 16.7. The third-order valence-corrected chi connectivity index (χ3v) is 14.0. The number of piperidine rings is 1. The number of rotatable bonds is 12. The minimum atomic E-state index is -1.77. The van der Waals surface area contributed by atoms with Crippen molar-refractivity contribution in [3.63, 3.8) is 0 Å². The molecule has 1 aliphatic heterocycles. The van der Waals surface area contributed by atoms with Gasteiger partial charge in [0.2, 0.25) is 0 Å². The molecule has 7 bridgehead atoms. The number of likely N-dealkylation sites (tertiary alicyclic amines) is 1. The van der Waals surface area contributed by atoms with Crippen LogP contribution in [-0.2, 0) is 61.8 Å². The lowest BCUT2D eigenvalue weighted by Gasteiger charge is -2.70. The van der Waals surface area contributed by atoms with Gasteiger partial charge in [-0.25, -0.2) is 4.79 Å². The molecule has 15 heteroatoms. The van der Waals surface area contributed by atoms with Crippen LogP contribution in [0.15, 0.2) is 30.3 Å². The number of nitrogens with zero attached hydrogens (tertiary/aromatic N) is 1. The lowest BCUT2D eigenvalue weighted by Crippen LogP contribution is -2.82. The lowest BCUT2D eigenvalue weighted by atomic mass is 9.42. The maximum absolute atomic E-state index is 14.2. The molecule has 1 aromatic carbocycles. The number of benzene rings is 1. The van der Waals surface area contributed by atoms with E-state index in [1.165, 1.54) is 34.8 Å². The maximum Gasteiger partial charge on any atom is 0.338 e. The standard InChI is InChI=1S/C40H53NO14/c1-10-41-18-37(19-47-6)26(51-20(2)42)16-27(48-7)39-25-17-38(54-22(4)44)33(53-36(46)24-14-12-11-13-15-24)28(25)40(55-23(5)45,35(34(38)50-9)52-21(3)43)29(32(39)41)30(49-8)31(37)39/h11-15,25-35H,10,16-19H2,1-9H3/t25-,26?,27+,28-,29+,30+,31-,32-,33-,34+,35+,37+,38+,39+,40-/m1/s1. The number of hydrogen-bond donors (Lipinski definition) is 0. The Bertz CT molecular complexity index is 1710. The van der Waals surface area contributed by atoms with E-state index in [0.29, 0.717) is 19.5 Å². The van der Waals surface area contributed by atoms with E-state index in [2.05, 4.69) is 4.90 Å². The van der Waals surface area contributed by atoms with Gasteiger partial charge in [-0.2, -0.15) is 0 Å². The van der Waals surface area contributed by atoms with Crippen LogP contribution in [0.1, 0.15) is 57.8 Å². The minimum absolute atomic E-state index is 0.0537. The van der Waals surface area contributed by atoms with Gasteiger partial charge in [0.1, 0.15) is 12.2 Å². The van der Waals surface area contributed by atoms with Gasteiger partial charge in [-0.05, 0) is 31.0 Å². The first kappa shape index (κ1) is 39.6. The quantitative estimate of drug-likeness (QED) is 0.224. The van der Waals surface area contributed by atoms with Gasteiger partial charge in [-0.15, -0.1) is 0 Å². The van der Waals surface area contributed by atoms with E-state index in [0.717, 1.165) is 0 Å². The van der Waals surface area contributed by atoms with Crippen molar-refractivity contribution in [1.29, 1.82) is 0 Å². The van der Waals surface area contributed by atoms with Crippen LogP contribution in [0.4, 0.5) is 0 Å². The molecule has 0 N–H and O–H groups in total. The third kappa shape index (κ3) is 5.21. The molecule has 1 unspecified atom stereocenters. The number of ether oxygens (including phenoxy) is 9. The van der Waals surface area contributed by atoms with E-state index in [1.54, 1.807) is 51.7 Å². The fourth-order valence-electron chi connectivity index (χ4n) is 13.4. The molecular weight excluding hydrogens is 718 g/mol. The SMILES string of the molecule is CCN1C[C@]2(COC)C(OC(C)=O)C[C@H](OC)[C@@]34[C@@H]5C[C@]6(OC(C)=O)[C@H](OC(=O)c7ccccc7)[C@@H]5[C@@](OC(C)=O)([C@@H]([C@H](OC)[C@H]23)[C@@H]14)[C@@H](OC(C)=O)[C@@H]6OC. The highest BCUT2D eigenvalue weighted by Crippen LogP contribution is 2.81. The summed E-state index contributed by atoms with van der Waals surface area (Å²) in [7, 11) is 6.23. The number of carbonyl (C=O) groups excluding carboxylic acids is 5. The normalized spacial score (nSPS) is 43.3. The molecule has 0 aromatic heterocycles. The van der Waals surface area contributed by atoms with Crippen LogP contribution < -0.4 is 0 Å². The Kier molecular flexibility index (Phi) is 10.1. The molecular formula is C40H53NO14. The average molecular weight is 772 g/mol. The smallest absolute Gasteiger partial charge is 0.338 e. The Morgan fingerprint density at radius 2 is 1.42 bits per heavy atom. The summed E-state index contributed by atoms with van der Waals surface area (Å²) in [6.07, 6.45) is -5.56. The Labute approximate surface area is 320 Å². The Balaban J connectivity index is 1.60. The second kappa shape index (κ2) is 14.1. The van der Waals surface area contributed by atoms with E-state index in [4.69, 9.17) is 42.6 Å². The van der Waals surface area contributed by atoms with Crippen LogP contribution in [0.3, 0.4) is 0 Å². The average Bonchev–Trinajstić information content (AvgIpc) is 3.51. The monoisotopic (exact) mass is 771 g/mol. The summed E-state index contributed by atoms with van der Waals surface area (Å²) in [4.78, 5) is 69.8. The van der Waals surface area contributed by atoms with Gasteiger partial charge >= 0.3 is 29.8 Å². The van der Waals surface area contributed by atoms with Gasteiger partial charge in [-0.3, -0.25) is 24.1 Å². The zero-order valence-electron chi connectivity index (χ0n) is 32.9. The van der Waals surface area contributed by atoms with Gasteiger partial charge in [-0.1, -0.05) is 25.1 Å². The molecule has 15 nitrogen and oxygen atoms in total. The molecule has 0 radical (unpaired) electrons. The van der Waals surface area contributed by atoms with Gasteiger partial charge in [0.05, 0.1) is 24.4 Å². The summed E-state index contributed by atoms with van der Waals surface area (Å²) in [5, 5.41) is 0. The summed E-state index contributed by atoms with van der Waals surface area (Å²) < 4.78 is 57.9. The van der Waals surface area contributed by atoms with Crippen molar-refractivity contribution in [3.05, 3.63) is 35.9 Å². The topological polar surface area (TPSA) is 172 Å². The summed E-state index contributed by atoms with van der Waals surface area (Å²) in [5.74, 6) is -5.98. The Morgan fingerprint density at radius 1 is 0.745 bits per heavy atom. The first-order valence-corrected chi connectivity index (χ1v) is 19.0. The lowest BCUT2D eigenvalue weighted by molar-refractivity contribution is -0.325. The van der Waals surface area contributed by atoms with Crippen LogP contribution in [0.2, 0.25) is 0 Å². The zero-order valence-corrected chi connectivity index (χ0v) is 32.9. The Morgan fingerprint density at radius 3 is 1.96 bits per heavy atom. The van der Waals surface area contributed by atoms with E-state index in [-0.39, 0.29) is 18.6 Å². The van der Waals surface area contributed by atoms with Gasteiger partial charge in [0, 0.05) is 104 Å². The van der Waals surface area contributed by atoms with Crippen molar-refractivity contribution in [2.75, 3.05) is 48.1 Å². The Hall–Kier alpha value is -3.63. The van der Waals surface area contributed by atoms with Crippen LogP contribution in [0.5, 0.6) is 0 Å². The highest BCUT2D eigenvalue weighted by molar-refractivity contribution is 5.89. The molecule has 0 amide bonds. The predicted molar refractivity (Wildman–Crippen MR) is 189 cm³/mol.